The van der Waals surface area contributed by atoms with Crippen LogP contribution in [0, 0.1) is 5.92 Å². The average Bonchev–Trinajstić information content (AvgIpc) is 2.30. The number of hydrogen-bond acceptors (Lipinski definition) is 2. The number of hydrogen-bond donors (Lipinski definition) is 2. The molecule has 0 saturated carbocycles. The van der Waals surface area contributed by atoms with Gasteiger partial charge in [-0.2, -0.15) is 0 Å². The lowest BCUT2D eigenvalue weighted by molar-refractivity contribution is 0.179. The Morgan fingerprint density at radius 3 is 2.56 bits per heavy atom. The van der Waals surface area contributed by atoms with E-state index >= 15 is 0 Å². The zero-order valence-electron chi connectivity index (χ0n) is 9.31. The normalized spacial score (nSPS) is 15.9. The van der Waals surface area contributed by atoms with Gasteiger partial charge in [-0.1, -0.05) is 37.3 Å². The van der Waals surface area contributed by atoms with Crippen LogP contribution in [0.5, 0.6) is 0 Å². The van der Waals surface area contributed by atoms with Crippen LogP contribution < -0.4 is 0 Å². The minimum atomic E-state index is -1.13. The lowest BCUT2D eigenvalue weighted by atomic mass is 10.0. The van der Waals surface area contributed by atoms with Gasteiger partial charge in [-0.05, 0) is 11.6 Å². The third-order valence-corrected chi connectivity index (χ3v) is 2.32. The van der Waals surface area contributed by atoms with Crippen LogP contribution in [0.4, 0.5) is 4.39 Å². The van der Waals surface area contributed by atoms with Crippen molar-refractivity contribution in [3.05, 3.63) is 47.8 Å². The SMILES string of the molecule is C[C@@H](/C=C(\F)[C@H](O)Cc1ccccc1)CO. The topological polar surface area (TPSA) is 40.5 Å². The van der Waals surface area contributed by atoms with Crippen LogP contribution in [0.25, 0.3) is 0 Å². The number of aliphatic hydroxyl groups is 2. The molecule has 0 aromatic heterocycles. The Labute approximate surface area is 95.1 Å². The first-order valence-electron chi connectivity index (χ1n) is 5.33. The van der Waals surface area contributed by atoms with Gasteiger partial charge >= 0.3 is 0 Å². The fourth-order valence-corrected chi connectivity index (χ4v) is 1.37. The highest BCUT2D eigenvalue weighted by atomic mass is 19.1. The van der Waals surface area contributed by atoms with Crippen LogP contribution in [-0.2, 0) is 6.42 Å². The van der Waals surface area contributed by atoms with Crippen LogP contribution in [0.15, 0.2) is 42.2 Å². The van der Waals surface area contributed by atoms with Crippen LogP contribution in [-0.4, -0.2) is 22.9 Å². The monoisotopic (exact) mass is 224 g/mol. The molecule has 0 unspecified atom stereocenters. The Balaban J connectivity index is 2.58. The minimum Gasteiger partial charge on any atom is -0.396 e. The van der Waals surface area contributed by atoms with Gasteiger partial charge in [0.25, 0.3) is 0 Å². The molecular weight excluding hydrogens is 207 g/mol. The summed E-state index contributed by atoms with van der Waals surface area (Å²) in [5.74, 6) is -0.851. The van der Waals surface area contributed by atoms with E-state index in [0.717, 1.165) is 5.56 Å². The van der Waals surface area contributed by atoms with Crippen molar-refractivity contribution in [2.75, 3.05) is 6.61 Å². The molecule has 0 heterocycles. The Kier molecular flexibility index (Phi) is 5.15. The molecule has 1 aromatic rings. The summed E-state index contributed by atoms with van der Waals surface area (Å²) in [5.41, 5.74) is 0.884. The van der Waals surface area contributed by atoms with E-state index in [1.165, 1.54) is 6.08 Å². The van der Waals surface area contributed by atoms with E-state index in [1.807, 2.05) is 30.3 Å². The molecule has 0 spiro atoms. The summed E-state index contributed by atoms with van der Waals surface area (Å²) in [5, 5.41) is 18.4. The third-order valence-electron chi connectivity index (χ3n) is 2.32. The van der Waals surface area contributed by atoms with E-state index in [4.69, 9.17) is 5.11 Å². The van der Waals surface area contributed by atoms with E-state index < -0.39 is 11.9 Å². The molecule has 2 atom stereocenters. The van der Waals surface area contributed by atoms with Crippen molar-refractivity contribution in [3.63, 3.8) is 0 Å². The molecular formula is C13H17FO2. The largest absolute Gasteiger partial charge is 0.396 e. The maximum absolute atomic E-state index is 13.4. The summed E-state index contributed by atoms with van der Waals surface area (Å²) in [6.45, 7) is 1.57. The third kappa shape index (κ3) is 4.13. The van der Waals surface area contributed by atoms with E-state index in [2.05, 4.69) is 0 Å². The molecule has 0 aliphatic heterocycles. The molecule has 0 fully saturated rings. The standard InChI is InChI=1S/C13H17FO2/c1-10(9-15)7-12(14)13(16)8-11-5-3-2-4-6-11/h2-7,10,13,15-16H,8-9H2,1H3/b12-7-/t10-,13+/m0/s1. The maximum Gasteiger partial charge on any atom is 0.125 e. The van der Waals surface area contributed by atoms with Crippen molar-refractivity contribution in [1.82, 2.24) is 0 Å². The second-order valence-corrected chi connectivity index (χ2v) is 3.92. The molecule has 1 aromatic carbocycles. The molecule has 0 bridgehead atoms. The van der Waals surface area contributed by atoms with E-state index in [0.29, 0.717) is 0 Å². The van der Waals surface area contributed by atoms with Crippen molar-refractivity contribution in [2.24, 2.45) is 5.92 Å². The lowest BCUT2D eigenvalue weighted by Gasteiger charge is -2.10. The van der Waals surface area contributed by atoms with E-state index in [-0.39, 0.29) is 18.9 Å². The van der Waals surface area contributed by atoms with Crippen molar-refractivity contribution in [2.45, 2.75) is 19.4 Å². The molecule has 0 radical (unpaired) electrons. The molecule has 2 N–H and O–H groups in total. The molecule has 0 saturated heterocycles. The van der Waals surface area contributed by atoms with Crippen molar-refractivity contribution < 1.29 is 14.6 Å². The first-order valence-corrected chi connectivity index (χ1v) is 5.33. The quantitative estimate of drug-likeness (QED) is 0.803. The highest BCUT2D eigenvalue weighted by Crippen LogP contribution is 2.13. The van der Waals surface area contributed by atoms with Crippen LogP contribution in [0.3, 0.4) is 0 Å². The van der Waals surface area contributed by atoms with Gasteiger partial charge in [0.05, 0.1) is 0 Å². The van der Waals surface area contributed by atoms with Gasteiger partial charge in [-0.3, -0.25) is 0 Å². The fourth-order valence-electron chi connectivity index (χ4n) is 1.37. The predicted molar refractivity (Wildman–Crippen MR) is 61.6 cm³/mol. The van der Waals surface area contributed by atoms with Gasteiger partial charge in [-0.15, -0.1) is 0 Å². The average molecular weight is 224 g/mol. The van der Waals surface area contributed by atoms with Crippen molar-refractivity contribution in [3.8, 4) is 0 Å². The van der Waals surface area contributed by atoms with E-state index in [1.54, 1.807) is 6.92 Å². The second-order valence-electron chi connectivity index (χ2n) is 3.92. The molecule has 0 aliphatic rings. The van der Waals surface area contributed by atoms with Crippen molar-refractivity contribution in [1.29, 1.82) is 0 Å². The number of rotatable bonds is 5. The summed E-state index contributed by atoms with van der Waals surface area (Å²) < 4.78 is 13.4. The molecule has 2 nitrogen and oxygen atoms in total. The lowest BCUT2D eigenvalue weighted by Crippen LogP contribution is -2.12. The smallest absolute Gasteiger partial charge is 0.125 e. The highest BCUT2D eigenvalue weighted by molar-refractivity contribution is 5.17. The van der Waals surface area contributed by atoms with Crippen LogP contribution in [0.1, 0.15) is 12.5 Å². The number of aliphatic hydroxyl groups excluding tert-OH is 2. The van der Waals surface area contributed by atoms with Gasteiger partial charge in [0, 0.05) is 18.9 Å². The number of halogens is 1. The van der Waals surface area contributed by atoms with Crippen molar-refractivity contribution >= 4 is 0 Å². The molecule has 3 heteroatoms. The predicted octanol–water partition coefficient (Wildman–Crippen LogP) is 2.07. The van der Waals surface area contributed by atoms with Gasteiger partial charge < -0.3 is 10.2 Å². The summed E-state index contributed by atoms with van der Waals surface area (Å²) >= 11 is 0. The van der Waals surface area contributed by atoms with Gasteiger partial charge in [0.2, 0.25) is 0 Å². The molecule has 88 valence electrons. The van der Waals surface area contributed by atoms with Crippen LogP contribution >= 0.6 is 0 Å². The molecule has 1 rings (SSSR count). The second kappa shape index (κ2) is 6.40. The Hall–Kier alpha value is -1.19. The minimum absolute atomic E-state index is 0.120. The van der Waals surface area contributed by atoms with E-state index in [9.17, 15) is 9.50 Å². The Bertz CT molecular complexity index is 335. The van der Waals surface area contributed by atoms with Gasteiger partial charge in [0.1, 0.15) is 11.9 Å². The fraction of sp³-hybridized carbons (Fsp3) is 0.385. The first kappa shape index (κ1) is 12.9. The maximum atomic E-state index is 13.4. The summed E-state index contributed by atoms with van der Waals surface area (Å²) in [6, 6.07) is 9.24. The first-order chi connectivity index (χ1) is 7.63. The summed E-state index contributed by atoms with van der Waals surface area (Å²) in [6.07, 6.45) is 0.381. The van der Waals surface area contributed by atoms with Crippen LogP contribution in [0.2, 0.25) is 0 Å². The zero-order valence-corrected chi connectivity index (χ0v) is 9.31. The molecule has 0 amide bonds. The number of benzene rings is 1. The summed E-state index contributed by atoms with van der Waals surface area (Å²) in [7, 11) is 0. The summed E-state index contributed by atoms with van der Waals surface area (Å²) in [4.78, 5) is 0. The highest BCUT2D eigenvalue weighted by Gasteiger charge is 2.12. The van der Waals surface area contributed by atoms with Gasteiger partial charge in [0.15, 0.2) is 0 Å². The zero-order chi connectivity index (χ0) is 12.0. The Morgan fingerprint density at radius 2 is 2.00 bits per heavy atom. The Morgan fingerprint density at radius 1 is 1.38 bits per heavy atom. The molecule has 0 aliphatic carbocycles. The van der Waals surface area contributed by atoms with Gasteiger partial charge in [-0.25, -0.2) is 4.39 Å². The molecule has 16 heavy (non-hydrogen) atoms.